The molecule has 0 fully saturated rings. The van der Waals surface area contributed by atoms with Gasteiger partial charge in [0.25, 0.3) is 0 Å². The van der Waals surface area contributed by atoms with Gasteiger partial charge < -0.3 is 4.74 Å². The van der Waals surface area contributed by atoms with Crippen LogP contribution in [0.5, 0.6) is 5.75 Å². The van der Waals surface area contributed by atoms with E-state index >= 15 is 0 Å². The van der Waals surface area contributed by atoms with Gasteiger partial charge in [-0.15, -0.1) is 0 Å². The highest BCUT2D eigenvalue weighted by Crippen LogP contribution is 2.24. The van der Waals surface area contributed by atoms with Gasteiger partial charge in [0.1, 0.15) is 5.75 Å². The molecule has 0 aromatic heterocycles. The molecule has 1 rings (SSSR count). The van der Waals surface area contributed by atoms with E-state index in [1.807, 2.05) is 25.1 Å². The number of ether oxygens (including phenoxy) is 1. The van der Waals surface area contributed by atoms with Crippen LogP contribution >= 0.6 is 11.6 Å². The van der Waals surface area contributed by atoms with Crippen LogP contribution in [0.15, 0.2) is 30.4 Å². The Hall–Kier alpha value is -0.950. The summed E-state index contributed by atoms with van der Waals surface area (Å²) < 4.78 is 5.20. The number of allylic oxidation sites excluding steroid dienone is 1. The van der Waals surface area contributed by atoms with Crippen molar-refractivity contribution in [2.45, 2.75) is 13.3 Å². The van der Waals surface area contributed by atoms with Crippen LogP contribution in [-0.4, -0.2) is 7.11 Å². The van der Waals surface area contributed by atoms with Gasteiger partial charge in [0.05, 0.1) is 7.11 Å². The van der Waals surface area contributed by atoms with Crippen molar-refractivity contribution in [3.63, 3.8) is 0 Å². The molecule has 0 spiro atoms. The Morgan fingerprint density at radius 2 is 2.23 bits per heavy atom. The maximum absolute atomic E-state index is 5.83. The lowest BCUT2D eigenvalue weighted by Gasteiger charge is -2.08. The SMILES string of the molecule is C=C(C)Cc1ccc(Cl)cc1OC. The second-order valence-corrected chi connectivity index (χ2v) is 3.53. The van der Waals surface area contributed by atoms with E-state index in [4.69, 9.17) is 16.3 Å². The summed E-state index contributed by atoms with van der Waals surface area (Å²) in [5, 5.41) is 0.697. The molecular weight excluding hydrogens is 184 g/mol. The average molecular weight is 197 g/mol. The normalized spacial score (nSPS) is 9.77. The lowest BCUT2D eigenvalue weighted by Crippen LogP contribution is -1.92. The predicted octanol–water partition coefficient (Wildman–Crippen LogP) is 3.47. The van der Waals surface area contributed by atoms with Crippen LogP contribution in [0, 0.1) is 0 Å². The van der Waals surface area contributed by atoms with E-state index in [9.17, 15) is 0 Å². The van der Waals surface area contributed by atoms with Gasteiger partial charge in [-0.3, -0.25) is 0 Å². The lowest BCUT2D eigenvalue weighted by molar-refractivity contribution is 0.410. The molecule has 13 heavy (non-hydrogen) atoms. The second kappa shape index (κ2) is 4.33. The summed E-state index contributed by atoms with van der Waals surface area (Å²) in [7, 11) is 1.65. The number of rotatable bonds is 3. The first kappa shape index (κ1) is 10.1. The van der Waals surface area contributed by atoms with E-state index in [-0.39, 0.29) is 0 Å². The van der Waals surface area contributed by atoms with Crippen molar-refractivity contribution in [1.29, 1.82) is 0 Å². The summed E-state index contributed by atoms with van der Waals surface area (Å²) in [6.07, 6.45) is 0.834. The number of hydrogen-bond acceptors (Lipinski definition) is 1. The van der Waals surface area contributed by atoms with Crippen LogP contribution in [-0.2, 0) is 6.42 Å². The van der Waals surface area contributed by atoms with Crippen LogP contribution in [0.3, 0.4) is 0 Å². The van der Waals surface area contributed by atoms with E-state index in [1.165, 1.54) is 0 Å². The summed E-state index contributed by atoms with van der Waals surface area (Å²) in [6, 6.07) is 5.65. The van der Waals surface area contributed by atoms with Crippen molar-refractivity contribution in [2.24, 2.45) is 0 Å². The lowest BCUT2D eigenvalue weighted by atomic mass is 10.1. The summed E-state index contributed by atoms with van der Waals surface area (Å²) in [5.41, 5.74) is 2.24. The Morgan fingerprint density at radius 1 is 1.54 bits per heavy atom. The summed E-state index contributed by atoms with van der Waals surface area (Å²) >= 11 is 5.83. The predicted molar refractivity (Wildman–Crippen MR) is 56.5 cm³/mol. The third-order valence-corrected chi connectivity index (χ3v) is 1.98. The number of halogens is 1. The fraction of sp³-hybridized carbons (Fsp3) is 0.273. The summed E-state index contributed by atoms with van der Waals surface area (Å²) in [5.74, 6) is 0.829. The minimum atomic E-state index is 0.697. The highest BCUT2D eigenvalue weighted by atomic mass is 35.5. The minimum absolute atomic E-state index is 0.697. The number of methoxy groups -OCH3 is 1. The first-order valence-electron chi connectivity index (χ1n) is 4.10. The van der Waals surface area contributed by atoms with Gasteiger partial charge in [-0.05, 0) is 31.0 Å². The molecule has 0 saturated carbocycles. The van der Waals surface area contributed by atoms with E-state index in [1.54, 1.807) is 7.11 Å². The fourth-order valence-corrected chi connectivity index (χ4v) is 1.35. The summed E-state index contributed by atoms with van der Waals surface area (Å²) in [4.78, 5) is 0. The third-order valence-electron chi connectivity index (χ3n) is 1.74. The molecule has 0 amide bonds. The molecule has 0 bridgehead atoms. The molecule has 0 N–H and O–H groups in total. The Bertz CT molecular complexity index is 318. The van der Waals surface area contributed by atoms with E-state index in [2.05, 4.69) is 6.58 Å². The molecule has 70 valence electrons. The van der Waals surface area contributed by atoms with Crippen LogP contribution in [0.4, 0.5) is 0 Å². The zero-order valence-electron chi connectivity index (χ0n) is 7.93. The maximum atomic E-state index is 5.83. The van der Waals surface area contributed by atoms with Crippen molar-refractivity contribution in [2.75, 3.05) is 7.11 Å². The molecule has 0 atom stereocenters. The van der Waals surface area contributed by atoms with Crippen molar-refractivity contribution in [1.82, 2.24) is 0 Å². The zero-order valence-corrected chi connectivity index (χ0v) is 8.69. The molecule has 0 aliphatic rings. The standard InChI is InChI=1S/C11H13ClO/c1-8(2)6-9-4-5-10(12)7-11(9)13-3/h4-5,7H,1,6H2,2-3H3. The molecule has 0 aliphatic carbocycles. The minimum Gasteiger partial charge on any atom is -0.496 e. The van der Waals surface area contributed by atoms with Crippen LogP contribution in [0.2, 0.25) is 5.02 Å². The first-order chi connectivity index (χ1) is 6.13. The van der Waals surface area contributed by atoms with Gasteiger partial charge >= 0.3 is 0 Å². The van der Waals surface area contributed by atoms with Gasteiger partial charge in [0.2, 0.25) is 0 Å². The van der Waals surface area contributed by atoms with Gasteiger partial charge in [-0.25, -0.2) is 0 Å². The van der Waals surface area contributed by atoms with E-state index < -0.39 is 0 Å². The van der Waals surface area contributed by atoms with Crippen molar-refractivity contribution >= 4 is 11.6 Å². The Balaban J connectivity index is 2.99. The third kappa shape index (κ3) is 2.78. The summed E-state index contributed by atoms with van der Waals surface area (Å²) in [6.45, 7) is 5.85. The fourth-order valence-electron chi connectivity index (χ4n) is 1.19. The molecule has 0 heterocycles. The van der Waals surface area contributed by atoms with Gasteiger partial charge in [-0.1, -0.05) is 29.8 Å². The quantitative estimate of drug-likeness (QED) is 0.673. The Kier molecular flexibility index (Phi) is 3.38. The second-order valence-electron chi connectivity index (χ2n) is 3.09. The Morgan fingerprint density at radius 3 is 2.77 bits per heavy atom. The average Bonchev–Trinajstić information content (AvgIpc) is 2.07. The highest BCUT2D eigenvalue weighted by molar-refractivity contribution is 6.30. The van der Waals surface area contributed by atoms with Crippen molar-refractivity contribution < 1.29 is 4.74 Å². The first-order valence-corrected chi connectivity index (χ1v) is 4.48. The smallest absolute Gasteiger partial charge is 0.123 e. The van der Waals surface area contributed by atoms with E-state index in [0.717, 1.165) is 23.3 Å². The van der Waals surface area contributed by atoms with Crippen molar-refractivity contribution in [3.05, 3.63) is 40.9 Å². The van der Waals surface area contributed by atoms with Crippen LogP contribution < -0.4 is 4.74 Å². The van der Waals surface area contributed by atoms with Crippen molar-refractivity contribution in [3.8, 4) is 5.75 Å². The molecular formula is C11H13ClO. The van der Waals surface area contributed by atoms with E-state index in [0.29, 0.717) is 5.02 Å². The largest absolute Gasteiger partial charge is 0.496 e. The molecule has 1 aromatic rings. The van der Waals surface area contributed by atoms with Gasteiger partial charge in [0.15, 0.2) is 0 Å². The number of benzene rings is 1. The highest BCUT2D eigenvalue weighted by Gasteiger charge is 2.03. The topological polar surface area (TPSA) is 9.23 Å². The molecule has 2 heteroatoms. The Labute approximate surface area is 84.0 Å². The van der Waals surface area contributed by atoms with Crippen LogP contribution in [0.25, 0.3) is 0 Å². The number of hydrogen-bond donors (Lipinski definition) is 0. The maximum Gasteiger partial charge on any atom is 0.123 e. The van der Waals surface area contributed by atoms with Gasteiger partial charge in [-0.2, -0.15) is 0 Å². The molecule has 0 radical (unpaired) electrons. The molecule has 1 nitrogen and oxygen atoms in total. The molecule has 1 aromatic carbocycles. The molecule has 0 aliphatic heterocycles. The molecule has 0 unspecified atom stereocenters. The monoisotopic (exact) mass is 196 g/mol. The zero-order chi connectivity index (χ0) is 9.84. The van der Waals surface area contributed by atoms with Crippen LogP contribution in [0.1, 0.15) is 12.5 Å². The van der Waals surface area contributed by atoms with Gasteiger partial charge in [0, 0.05) is 5.02 Å². The molecule has 0 saturated heterocycles.